The van der Waals surface area contributed by atoms with Gasteiger partial charge in [0.25, 0.3) is 0 Å². The second-order valence-corrected chi connectivity index (χ2v) is 9.82. The van der Waals surface area contributed by atoms with Gasteiger partial charge in [-0.15, -0.1) is 0 Å². The van der Waals surface area contributed by atoms with Crippen LogP contribution in [0.2, 0.25) is 0 Å². The number of carbonyl (C=O) groups is 2. The van der Waals surface area contributed by atoms with E-state index in [1.807, 2.05) is 30.3 Å². The number of hydrogen-bond acceptors (Lipinski definition) is 3. The summed E-state index contributed by atoms with van der Waals surface area (Å²) >= 11 is 1.54. The van der Waals surface area contributed by atoms with E-state index in [-0.39, 0.29) is 21.3 Å². The molecule has 3 nitrogen and oxygen atoms in total. The van der Waals surface area contributed by atoms with E-state index in [0.29, 0.717) is 12.3 Å². The Labute approximate surface area is 153 Å². The Kier molecular flexibility index (Phi) is 3.26. The number of rotatable bonds is 1. The Morgan fingerprint density at radius 2 is 1.84 bits per heavy atom. The first-order valence-corrected chi connectivity index (χ1v) is 10.5. The van der Waals surface area contributed by atoms with Crippen LogP contribution in [0.5, 0.6) is 0 Å². The molecule has 5 fully saturated rings. The molecule has 0 aromatic heterocycles. The number of nitrogens with zero attached hydrogens (tertiary/aromatic N) is 1. The Hall–Kier alpha value is -1.29. The molecule has 1 saturated carbocycles. The van der Waals surface area contributed by atoms with Gasteiger partial charge in [-0.1, -0.05) is 61.9 Å². The van der Waals surface area contributed by atoms with Gasteiger partial charge in [-0.25, -0.2) is 0 Å². The smallest absolute Gasteiger partial charge is 0.242 e. The average Bonchev–Trinajstić information content (AvgIpc) is 2.76. The molecule has 1 amide bonds. The molecule has 1 unspecified atom stereocenters. The van der Waals surface area contributed by atoms with E-state index >= 15 is 0 Å². The van der Waals surface area contributed by atoms with Crippen molar-refractivity contribution in [2.75, 3.05) is 6.54 Å². The summed E-state index contributed by atoms with van der Waals surface area (Å²) in [6.45, 7) is 3.17. The predicted octanol–water partition coefficient (Wildman–Crippen LogP) is 4.12. The van der Waals surface area contributed by atoms with Gasteiger partial charge in [0.1, 0.15) is 10.3 Å². The van der Waals surface area contributed by atoms with Crippen molar-refractivity contribution >= 4 is 22.8 Å². The Morgan fingerprint density at radius 1 is 1.08 bits per heavy atom. The molecule has 4 heterocycles. The largest absolute Gasteiger partial charge is 0.326 e. The zero-order valence-electron chi connectivity index (χ0n) is 14.8. The number of amides is 1. The van der Waals surface area contributed by atoms with Crippen LogP contribution in [0.15, 0.2) is 30.3 Å². The Bertz CT molecular complexity index is 750. The highest BCUT2D eigenvalue weighted by molar-refractivity contribution is 8.15. The molecular weight excluding hydrogens is 330 g/mol. The molecule has 4 heteroatoms. The zero-order valence-corrected chi connectivity index (χ0v) is 15.6. The highest BCUT2D eigenvalue weighted by Gasteiger charge is 2.74. The van der Waals surface area contributed by atoms with Gasteiger partial charge in [0, 0.05) is 12.0 Å². The maximum absolute atomic E-state index is 13.8. The first-order valence-electron chi connectivity index (χ1n) is 9.66. The number of carbonyl (C=O) groups excluding carboxylic acids is 2. The topological polar surface area (TPSA) is 37.4 Å². The molecule has 0 radical (unpaired) electrons. The number of hydrogen-bond donors (Lipinski definition) is 0. The van der Waals surface area contributed by atoms with Crippen LogP contribution in [0, 0.1) is 11.3 Å². The van der Waals surface area contributed by atoms with E-state index < -0.39 is 5.41 Å². The Morgan fingerprint density at radius 3 is 2.64 bits per heavy atom. The van der Waals surface area contributed by atoms with E-state index in [0.717, 1.165) is 37.8 Å². The van der Waals surface area contributed by atoms with E-state index in [2.05, 4.69) is 11.8 Å². The monoisotopic (exact) mass is 355 g/mol. The lowest BCUT2D eigenvalue weighted by Crippen LogP contribution is -2.76. The molecule has 132 valence electrons. The molecule has 4 saturated heterocycles. The van der Waals surface area contributed by atoms with Crippen LogP contribution in [0.4, 0.5) is 0 Å². The normalized spacial score (nSPS) is 42.9. The molecule has 1 aliphatic carbocycles. The lowest BCUT2D eigenvalue weighted by Gasteiger charge is -2.67. The van der Waals surface area contributed by atoms with Crippen molar-refractivity contribution in [2.45, 2.75) is 62.2 Å². The van der Waals surface area contributed by atoms with Crippen LogP contribution >= 0.6 is 11.8 Å². The molecule has 5 aliphatic rings. The molecule has 1 spiro atoms. The van der Waals surface area contributed by atoms with Crippen molar-refractivity contribution in [1.29, 1.82) is 0 Å². The standard InChI is InChI=1S/C21H25NO2S/c1-19-11-5-6-13-22-17(23)20(15-8-3-2-4-9-15)14-16(10-7-12-19)21(19,22)25-18(20)24/h2-4,8-9,16H,5-7,10-14H2,1H3/t16-,19?,20-,21+/m1/s1. The van der Waals surface area contributed by atoms with E-state index in [1.165, 1.54) is 24.6 Å². The summed E-state index contributed by atoms with van der Waals surface area (Å²) < 4.78 is 0. The summed E-state index contributed by atoms with van der Waals surface area (Å²) in [7, 11) is 0. The van der Waals surface area contributed by atoms with Gasteiger partial charge in [0.2, 0.25) is 11.0 Å². The average molecular weight is 356 g/mol. The minimum atomic E-state index is -0.944. The van der Waals surface area contributed by atoms with Crippen LogP contribution in [0.25, 0.3) is 0 Å². The first-order chi connectivity index (χ1) is 12.0. The molecular formula is C21H25NO2S. The maximum atomic E-state index is 13.8. The maximum Gasteiger partial charge on any atom is 0.242 e. The summed E-state index contributed by atoms with van der Waals surface area (Å²) in [6, 6.07) is 9.84. The van der Waals surface area contributed by atoms with Crippen LogP contribution < -0.4 is 0 Å². The summed E-state index contributed by atoms with van der Waals surface area (Å²) in [6.07, 6.45) is 7.61. The van der Waals surface area contributed by atoms with Gasteiger partial charge in [0.15, 0.2) is 0 Å². The molecule has 4 atom stereocenters. The van der Waals surface area contributed by atoms with Crippen molar-refractivity contribution < 1.29 is 9.59 Å². The number of thioether (sulfide) groups is 1. The summed E-state index contributed by atoms with van der Waals surface area (Å²) in [5.41, 5.74) is 0.0365. The molecule has 0 N–H and O–H groups in total. The van der Waals surface area contributed by atoms with Gasteiger partial charge in [0.05, 0.1) is 0 Å². The third kappa shape index (κ3) is 1.75. The van der Waals surface area contributed by atoms with Gasteiger partial charge in [-0.3, -0.25) is 9.59 Å². The van der Waals surface area contributed by atoms with Crippen LogP contribution in [0.3, 0.4) is 0 Å². The lowest BCUT2D eigenvalue weighted by molar-refractivity contribution is -0.166. The Balaban J connectivity index is 1.73. The number of benzene rings is 1. The molecule has 1 aromatic rings. The molecule has 4 aliphatic heterocycles. The number of fused-ring (bicyclic) bond motifs is 1. The number of piperidine rings is 1. The molecule has 6 rings (SSSR count). The van der Waals surface area contributed by atoms with Crippen LogP contribution in [0.1, 0.15) is 57.4 Å². The minimum Gasteiger partial charge on any atom is -0.326 e. The van der Waals surface area contributed by atoms with E-state index in [1.54, 1.807) is 0 Å². The first kappa shape index (κ1) is 15.9. The van der Waals surface area contributed by atoms with Crippen molar-refractivity contribution in [1.82, 2.24) is 4.90 Å². The molecule has 1 aromatic carbocycles. The van der Waals surface area contributed by atoms with Gasteiger partial charge in [-0.05, 0) is 43.6 Å². The van der Waals surface area contributed by atoms with E-state index in [9.17, 15) is 9.59 Å². The quantitative estimate of drug-likeness (QED) is 0.711. The van der Waals surface area contributed by atoms with Crippen molar-refractivity contribution in [2.24, 2.45) is 11.3 Å². The van der Waals surface area contributed by atoms with Crippen molar-refractivity contribution in [3.05, 3.63) is 35.9 Å². The van der Waals surface area contributed by atoms with Gasteiger partial charge in [-0.2, -0.15) is 0 Å². The second kappa shape index (κ2) is 5.12. The SMILES string of the molecule is CC12CCCCN3C(=O)[C@]4(c5ccccc5)C[C@@H](CCC1)[C@@]32SC4=O. The van der Waals surface area contributed by atoms with Crippen molar-refractivity contribution in [3.63, 3.8) is 0 Å². The predicted molar refractivity (Wildman–Crippen MR) is 99.1 cm³/mol. The van der Waals surface area contributed by atoms with Crippen LogP contribution in [-0.4, -0.2) is 27.3 Å². The fourth-order valence-electron chi connectivity index (χ4n) is 6.33. The highest BCUT2D eigenvalue weighted by Crippen LogP contribution is 2.69. The van der Waals surface area contributed by atoms with E-state index in [4.69, 9.17) is 0 Å². The lowest BCUT2D eigenvalue weighted by atomic mass is 9.56. The fourth-order valence-corrected chi connectivity index (χ4v) is 8.18. The van der Waals surface area contributed by atoms with Crippen LogP contribution in [-0.2, 0) is 15.0 Å². The van der Waals surface area contributed by atoms with Gasteiger partial charge >= 0.3 is 0 Å². The zero-order chi connectivity index (χ0) is 17.3. The van der Waals surface area contributed by atoms with Crippen molar-refractivity contribution in [3.8, 4) is 0 Å². The molecule has 25 heavy (non-hydrogen) atoms. The highest BCUT2D eigenvalue weighted by atomic mass is 32.2. The van der Waals surface area contributed by atoms with Gasteiger partial charge < -0.3 is 4.90 Å². The molecule has 2 bridgehead atoms. The minimum absolute atomic E-state index is 0.0751. The third-order valence-electron chi connectivity index (χ3n) is 7.49. The summed E-state index contributed by atoms with van der Waals surface area (Å²) in [4.78, 5) is 29.1. The third-order valence-corrected chi connectivity index (χ3v) is 9.38. The summed E-state index contributed by atoms with van der Waals surface area (Å²) in [5.74, 6) is 0.527. The fraction of sp³-hybridized carbons (Fsp3) is 0.619. The second-order valence-electron chi connectivity index (χ2n) is 8.63. The summed E-state index contributed by atoms with van der Waals surface area (Å²) in [5, 5.41) is 0.103.